The maximum Gasteiger partial charge on any atom is 0.0468 e. The van der Waals surface area contributed by atoms with Gasteiger partial charge in [0.15, 0.2) is 0 Å². The normalized spacial score (nSPS) is 21.6. The molecule has 1 fully saturated rings. The number of nitrogens with two attached hydrogens (primary N) is 1. The van der Waals surface area contributed by atoms with Crippen LogP contribution >= 0.6 is 0 Å². The lowest BCUT2D eigenvalue weighted by Gasteiger charge is -2.32. The molecule has 1 aliphatic heterocycles. The smallest absolute Gasteiger partial charge is 0.0468 e. The number of hydrogen-bond donors (Lipinski definition) is 1. The van der Waals surface area contributed by atoms with Crippen LogP contribution in [0.15, 0.2) is 30.3 Å². The summed E-state index contributed by atoms with van der Waals surface area (Å²) in [6, 6.07) is 10.4. The Balaban J connectivity index is 2.01. The van der Waals surface area contributed by atoms with Gasteiger partial charge in [0.25, 0.3) is 0 Å². The van der Waals surface area contributed by atoms with Crippen molar-refractivity contribution >= 4 is 0 Å². The molecular weight excluding hydrogens is 198 g/mol. The summed E-state index contributed by atoms with van der Waals surface area (Å²) in [7, 11) is 0. The number of rotatable bonds is 3. The van der Waals surface area contributed by atoms with Crippen molar-refractivity contribution in [3.05, 3.63) is 35.9 Å². The summed E-state index contributed by atoms with van der Waals surface area (Å²) in [6.45, 7) is 3.93. The maximum absolute atomic E-state index is 6.43. The first-order valence-corrected chi connectivity index (χ1v) is 6.11. The highest BCUT2D eigenvalue weighted by Gasteiger charge is 2.26. The van der Waals surface area contributed by atoms with Crippen molar-refractivity contribution in [1.29, 1.82) is 0 Å². The Morgan fingerprint density at radius 1 is 1.25 bits per heavy atom. The van der Waals surface area contributed by atoms with Crippen molar-refractivity contribution < 1.29 is 4.74 Å². The van der Waals surface area contributed by atoms with Crippen molar-refractivity contribution in [2.45, 2.75) is 31.7 Å². The van der Waals surface area contributed by atoms with Crippen molar-refractivity contribution in [2.24, 2.45) is 11.7 Å². The van der Waals surface area contributed by atoms with E-state index in [0.717, 1.165) is 32.5 Å². The molecule has 1 saturated heterocycles. The Morgan fingerprint density at radius 3 is 2.50 bits per heavy atom. The van der Waals surface area contributed by atoms with Crippen LogP contribution in [-0.2, 0) is 10.3 Å². The van der Waals surface area contributed by atoms with Gasteiger partial charge in [-0.05, 0) is 37.7 Å². The van der Waals surface area contributed by atoms with Gasteiger partial charge >= 0.3 is 0 Å². The first-order valence-electron chi connectivity index (χ1n) is 6.11. The van der Waals surface area contributed by atoms with Gasteiger partial charge in [0.2, 0.25) is 0 Å². The van der Waals surface area contributed by atoms with Gasteiger partial charge < -0.3 is 10.5 Å². The zero-order valence-electron chi connectivity index (χ0n) is 9.99. The summed E-state index contributed by atoms with van der Waals surface area (Å²) in [5.41, 5.74) is 7.46. The van der Waals surface area contributed by atoms with Gasteiger partial charge in [0.05, 0.1) is 0 Å². The molecule has 1 heterocycles. The van der Waals surface area contributed by atoms with E-state index in [1.54, 1.807) is 0 Å². The third-order valence-corrected chi connectivity index (χ3v) is 3.49. The molecule has 1 aromatic rings. The van der Waals surface area contributed by atoms with Crippen LogP contribution in [0.4, 0.5) is 0 Å². The maximum atomic E-state index is 6.43. The minimum atomic E-state index is -0.205. The van der Waals surface area contributed by atoms with E-state index in [9.17, 15) is 0 Å². The molecule has 1 atom stereocenters. The molecular formula is C14H21NO. The average molecular weight is 219 g/mol. The Labute approximate surface area is 97.8 Å². The lowest BCUT2D eigenvalue weighted by Crippen LogP contribution is -2.36. The largest absolute Gasteiger partial charge is 0.381 e. The Morgan fingerprint density at radius 2 is 1.88 bits per heavy atom. The third-order valence-electron chi connectivity index (χ3n) is 3.49. The van der Waals surface area contributed by atoms with Crippen LogP contribution in [0.1, 0.15) is 31.7 Å². The predicted molar refractivity (Wildman–Crippen MR) is 66.1 cm³/mol. The van der Waals surface area contributed by atoms with Gasteiger partial charge in [0, 0.05) is 18.8 Å². The van der Waals surface area contributed by atoms with Gasteiger partial charge in [-0.3, -0.25) is 0 Å². The lowest BCUT2D eigenvalue weighted by molar-refractivity contribution is 0.0570. The Hall–Kier alpha value is -0.860. The Kier molecular flexibility index (Phi) is 3.62. The fourth-order valence-corrected chi connectivity index (χ4v) is 2.49. The summed E-state index contributed by atoms with van der Waals surface area (Å²) in [5.74, 6) is 0.712. The van der Waals surface area contributed by atoms with Gasteiger partial charge in [-0.15, -0.1) is 0 Å². The standard InChI is InChI=1S/C14H21NO/c1-14(15,13-5-3-2-4-6-13)11-12-7-9-16-10-8-12/h2-6,12H,7-11,15H2,1H3. The molecule has 0 radical (unpaired) electrons. The molecule has 2 nitrogen and oxygen atoms in total. The number of hydrogen-bond acceptors (Lipinski definition) is 2. The van der Waals surface area contributed by atoms with Gasteiger partial charge in [-0.2, -0.15) is 0 Å². The van der Waals surface area contributed by atoms with E-state index in [2.05, 4.69) is 31.2 Å². The van der Waals surface area contributed by atoms with E-state index >= 15 is 0 Å². The third kappa shape index (κ3) is 2.83. The highest BCUT2D eigenvalue weighted by molar-refractivity contribution is 5.22. The second-order valence-electron chi connectivity index (χ2n) is 5.04. The van der Waals surface area contributed by atoms with E-state index < -0.39 is 0 Å². The minimum Gasteiger partial charge on any atom is -0.381 e. The predicted octanol–water partition coefficient (Wildman–Crippen LogP) is 2.68. The SMILES string of the molecule is CC(N)(CC1CCOCC1)c1ccccc1. The first kappa shape index (κ1) is 11.6. The minimum absolute atomic E-state index is 0.205. The van der Waals surface area contributed by atoms with Crippen molar-refractivity contribution in [2.75, 3.05) is 13.2 Å². The summed E-state index contributed by atoms with van der Waals surface area (Å²) in [5, 5.41) is 0. The zero-order chi connectivity index (χ0) is 11.4. The summed E-state index contributed by atoms with van der Waals surface area (Å²) in [6.07, 6.45) is 3.36. The van der Waals surface area contributed by atoms with E-state index in [0.29, 0.717) is 5.92 Å². The van der Waals surface area contributed by atoms with E-state index in [1.807, 2.05) is 6.07 Å². The molecule has 1 unspecified atom stereocenters. The van der Waals surface area contributed by atoms with Crippen LogP contribution in [0.3, 0.4) is 0 Å². The molecule has 0 bridgehead atoms. The highest BCUT2D eigenvalue weighted by atomic mass is 16.5. The molecule has 1 aliphatic rings. The molecule has 0 aromatic heterocycles. The molecule has 2 heteroatoms. The van der Waals surface area contributed by atoms with Crippen molar-refractivity contribution in [3.8, 4) is 0 Å². The molecule has 0 saturated carbocycles. The molecule has 0 spiro atoms. The Bertz CT molecular complexity index is 315. The fourth-order valence-electron chi connectivity index (χ4n) is 2.49. The molecule has 2 rings (SSSR count). The van der Waals surface area contributed by atoms with Crippen LogP contribution in [0.2, 0.25) is 0 Å². The van der Waals surface area contributed by atoms with Crippen molar-refractivity contribution in [3.63, 3.8) is 0 Å². The lowest BCUT2D eigenvalue weighted by atomic mass is 9.81. The summed E-state index contributed by atoms with van der Waals surface area (Å²) in [4.78, 5) is 0. The monoisotopic (exact) mass is 219 g/mol. The van der Waals surface area contributed by atoms with Crippen molar-refractivity contribution in [1.82, 2.24) is 0 Å². The molecule has 0 amide bonds. The van der Waals surface area contributed by atoms with Crippen LogP contribution in [0.25, 0.3) is 0 Å². The second-order valence-corrected chi connectivity index (χ2v) is 5.04. The molecule has 2 N–H and O–H groups in total. The van der Waals surface area contributed by atoms with Crippen LogP contribution in [0, 0.1) is 5.92 Å². The van der Waals surface area contributed by atoms with E-state index in [1.165, 1.54) is 5.56 Å². The number of ether oxygens (including phenoxy) is 1. The average Bonchev–Trinajstić information content (AvgIpc) is 2.31. The van der Waals surface area contributed by atoms with Gasteiger partial charge in [0.1, 0.15) is 0 Å². The van der Waals surface area contributed by atoms with Crippen LogP contribution in [0.5, 0.6) is 0 Å². The van der Waals surface area contributed by atoms with E-state index in [-0.39, 0.29) is 5.54 Å². The summed E-state index contributed by atoms with van der Waals surface area (Å²) >= 11 is 0. The van der Waals surface area contributed by atoms with Crippen LogP contribution in [-0.4, -0.2) is 13.2 Å². The molecule has 88 valence electrons. The molecule has 1 aromatic carbocycles. The van der Waals surface area contributed by atoms with Gasteiger partial charge in [-0.25, -0.2) is 0 Å². The van der Waals surface area contributed by atoms with Crippen LogP contribution < -0.4 is 5.73 Å². The van der Waals surface area contributed by atoms with E-state index in [4.69, 9.17) is 10.5 Å². The van der Waals surface area contributed by atoms with Gasteiger partial charge in [-0.1, -0.05) is 30.3 Å². The fraction of sp³-hybridized carbons (Fsp3) is 0.571. The molecule has 0 aliphatic carbocycles. The second kappa shape index (κ2) is 4.98. The zero-order valence-corrected chi connectivity index (χ0v) is 9.99. The summed E-state index contributed by atoms with van der Waals surface area (Å²) < 4.78 is 5.38. The quantitative estimate of drug-likeness (QED) is 0.848. The highest BCUT2D eigenvalue weighted by Crippen LogP contribution is 2.30. The topological polar surface area (TPSA) is 35.2 Å². The molecule has 16 heavy (non-hydrogen) atoms. The number of benzene rings is 1. The first-order chi connectivity index (χ1) is 7.68.